The Bertz CT molecular complexity index is 429. The highest BCUT2D eigenvalue weighted by Crippen LogP contribution is 2.10. The molecule has 0 spiro atoms. The molecular formula is C9H15N3O2S. The van der Waals surface area contributed by atoms with E-state index in [0.29, 0.717) is 12.2 Å². The van der Waals surface area contributed by atoms with Crippen molar-refractivity contribution < 1.29 is 8.42 Å². The Labute approximate surface area is 89.8 Å². The summed E-state index contributed by atoms with van der Waals surface area (Å²) >= 11 is 0. The van der Waals surface area contributed by atoms with Gasteiger partial charge in [0.1, 0.15) is 4.90 Å². The smallest absolute Gasteiger partial charge is 0.242 e. The third-order valence-corrected chi connectivity index (χ3v) is 3.12. The van der Waals surface area contributed by atoms with E-state index in [4.69, 9.17) is 5.73 Å². The zero-order valence-corrected chi connectivity index (χ0v) is 9.58. The molecule has 0 atom stereocenters. The molecule has 0 unspecified atom stereocenters. The molecule has 1 rings (SSSR count). The van der Waals surface area contributed by atoms with Gasteiger partial charge in [-0.3, -0.25) is 4.98 Å². The van der Waals surface area contributed by atoms with Crippen molar-refractivity contribution in [2.75, 3.05) is 12.3 Å². The van der Waals surface area contributed by atoms with Crippen molar-refractivity contribution in [3.63, 3.8) is 0 Å². The fourth-order valence-corrected chi connectivity index (χ4v) is 2.15. The predicted octanol–water partition coefficient (Wildman–Crippen LogP) is 0.598. The number of hydrogen-bond acceptors (Lipinski definition) is 4. The lowest BCUT2D eigenvalue weighted by Crippen LogP contribution is -2.27. The van der Waals surface area contributed by atoms with Gasteiger partial charge in [-0.25, -0.2) is 13.1 Å². The maximum atomic E-state index is 11.7. The third kappa shape index (κ3) is 3.49. The second kappa shape index (κ2) is 4.59. The number of anilines is 1. The van der Waals surface area contributed by atoms with Crippen LogP contribution < -0.4 is 10.5 Å². The standard InChI is InChI=1S/C9H15N3O2S/c1-7(2)4-12-15(13,14)9-3-8(10)5-11-6-9/h3,5-7,12H,4,10H2,1-2H3. The van der Waals surface area contributed by atoms with Gasteiger partial charge >= 0.3 is 0 Å². The highest BCUT2D eigenvalue weighted by Gasteiger charge is 2.14. The molecule has 15 heavy (non-hydrogen) atoms. The molecule has 1 aromatic rings. The Hall–Kier alpha value is -1.14. The van der Waals surface area contributed by atoms with E-state index in [2.05, 4.69) is 9.71 Å². The third-order valence-electron chi connectivity index (χ3n) is 1.73. The van der Waals surface area contributed by atoms with Crippen LogP contribution in [0.2, 0.25) is 0 Å². The van der Waals surface area contributed by atoms with E-state index in [1.54, 1.807) is 0 Å². The molecule has 0 aliphatic carbocycles. The van der Waals surface area contributed by atoms with Crippen molar-refractivity contribution in [2.45, 2.75) is 18.7 Å². The van der Waals surface area contributed by atoms with E-state index in [9.17, 15) is 8.42 Å². The number of hydrogen-bond donors (Lipinski definition) is 2. The molecule has 1 heterocycles. The predicted molar refractivity (Wildman–Crippen MR) is 58.7 cm³/mol. The molecule has 0 aliphatic heterocycles. The summed E-state index contributed by atoms with van der Waals surface area (Å²) in [6.45, 7) is 4.26. The number of sulfonamides is 1. The molecular weight excluding hydrogens is 214 g/mol. The lowest BCUT2D eigenvalue weighted by molar-refractivity contribution is 0.560. The van der Waals surface area contributed by atoms with Gasteiger partial charge in [-0.2, -0.15) is 0 Å². The summed E-state index contributed by atoms with van der Waals surface area (Å²) in [7, 11) is -3.47. The van der Waals surface area contributed by atoms with E-state index in [-0.39, 0.29) is 10.8 Å². The zero-order chi connectivity index (χ0) is 11.5. The van der Waals surface area contributed by atoms with Crippen LogP contribution in [0.25, 0.3) is 0 Å². The van der Waals surface area contributed by atoms with Gasteiger partial charge in [0.05, 0.1) is 5.69 Å². The van der Waals surface area contributed by atoms with Gasteiger partial charge in [0.15, 0.2) is 0 Å². The number of aromatic nitrogens is 1. The summed E-state index contributed by atoms with van der Waals surface area (Å²) < 4.78 is 25.8. The van der Waals surface area contributed by atoms with Crippen LogP contribution in [-0.2, 0) is 10.0 Å². The molecule has 0 bridgehead atoms. The Kier molecular flexibility index (Phi) is 3.65. The van der Waals surface area contributed by atoms with Crippen LogP contribution in [0.4, 0.5) is 5.69 Å². The first kappa shape index (κ1) is 11.9. The Morgan fingerprint density at radius 3 is 2.67 bits per heavy atom. The van der Waals surface area contributed by atoms with E-state index >= 15 is 0 Å². The van der Waals surface area contributed by atoms with E-state index in [0.717, 1.165) is 0 Å². The summed E-state index contributed by atoms with van der Waals surface area (Å²) in [4.78, 5) is 3.83. The summed E-state index contributed by atoms with van der Waals surface area (Å²) in [5.41, 5.74) is 5.79. The monoisotopic (exact) mass is 229 g/mol. The summed E-state index contributed by atoms with van der Waals surface area (Å²) in [5, 5.41) is 0. The SMILES string of the molecule is CC(C)CNS(=O)(=O)c1cncc(N)c1. The molecule has 0 saturated heterocycles. The van der Waals surface area contributed by atoms with Crippen molar-refractivity contribution in [1.82, 2.24) is 9.71 Å². The summed E-state index contributed by atoms with van der Waals surface area (Å²) in [6, 6.07) is 1.38. The molecule has 0 radical (unpaired) electrons. The molecule has 5 nitrogen and oxygen atoms in total. The largest absolute Gasteiger partial charge is 0.397 e. The van der Waals surface area contributed by atoms with Crippen molar-refractivity contribution in [1.29, 1.82) is 0 Å². The van der Waals surface area contributed by atoms with Crippen LogP contribution in [0.15, 0.2) is 23.4 Å². The maximum absolute atomic E-state index is 11.7. The normalized spacial score (nSPS) is 11.9. The number of pyridine rings is 1. The van der Waals surface area contributed by atoms with Crippen LogP contribution >= 0.6 is 0 Å². The molecule has 3 N–H and O–H groups in total. The number of nitrogen functional groups attached to an aromatic ring is 1. The topological polar surface area (TPSA) is 85.1 Å². The fraction of sp³-hybridized carbons (Fsp3) is 0.444. The molecule has 1 aromatic heterocycles. The van der Waals surface area contributed by atoms with E-state index in [1.807, 2.05) is 13.8 Å². The van der Waals surface area contributed by atoms with Gasteiger partial charge in [-0.05, 0) is 12.0 Å². The number of rotatable bonds is 4. The Balaban J connectivity index is 2.87. The Morgan fingerprint density at radius 1 is 1.47 bits per heavy atom. The summed E-state index contributed by atoms with van der Waals surface area (Å²) in [5.74, 6) is 0.258. The van der Waals surface area contributed by atoms with Crippen LogP contribution in [0, 0.1) is 5.92 Å². The molecule has 0 amide bonds. The van der Waals surface area contributed by atoms with Crippen molar-refractivity contribution in [2.24, 2.45) is 5.92 Å². The highest BCUT2D eigenvalue weighted by atomic mass is 32.2. The molecule has 0 saturated carbocycles. The highest BCUT2D eigenvalue weighted by molar-refractivity contribution is 7.89. The fourth-order valence-electron chi connectivity index (χ4n) is 0.942. The lowest BCUT2D eigenvalue weighted by Gasteiger charge is -2.08. The van der Waals surface area contributed by atoms with Gasteiger partial charge in [0, 0.05) is 18.9 Å². The zero-order valence-electron chi connectivity index (χ0n) is 8.77. The van der Waals surface area contributed by atoms with Crippen molar-refractivity contribution in [3.05, 3.63) is 18.5 Å². The second-order valence-corrected chi connectivity index (χ2v) is 5.47. The van der Waals surface area contributed by atoms with Crippen molar-refractivity contribution >= 4 is 15.7 Å². The van der Waals surface area contributed by atoms with Crippen molar-refractivity contribution in [3.8, 4) is 0 Å². The average Bonchev–Trinajstić information content (AvgIpc) is 2.15. The first-order valence-corrected chi connectivity index (χ1v) is 6.10. The second-order valence-electron chi connectivity index (χ2n) is 3.70. The number of nitrogens with one attached hydrogen (secondary N) is 1. The quantitative estimate of drug-likeness (QED) is 0.791. The van der Waals surface area contributed by atoms with Gasteiger partial charge in [-0.1, -0.05) is 13.8 Å². The van der Waals surface area contributed by atoms with Gasteiger partial charge < -0.3 is 5.73 Å². The van der Waals surface area contributed by atoms with Gasteiger partial charge in [0.2, 0.25) is 10.0 Å². The minimum atomic E-state index is -3.47. The van der Waals surface area contributed by atoms with Crippen LogP contribution in [-0.4, -0.2) is 19.9 Å². The molecule has 0 aromatic carbocycles. The van der Waals surface area contributed by atoms with Gasteiger partial charge in [-0.15, -0.1) is 0 Å². The molecule has 6 heteroatoms. The molecule has 0 aliphatic rings. The minimum absolute atomic E-state index is 0.100. The number of nitrogens with two attached hydrogens (primary N) is 1. The van der Waals surface area contributed by atoms with Gasteiger partial charge in [0.25, 0.3) is 0 Å². The lowest BCUT2D eigenvalue weighted by atomic mass is 10.2. The van der Waals surface area contributed by atoms with Crippen LogP contribution in [0.1, 0.15) is 13.8 Å². The first-order valence-electron chi connectivity index (χ1n) is 4.62. The van der Waals surface area contributed by atoms with Crippen LogP contribution in [0.5, 0.6) is 0 Å². The number of nitrogens with zero attached hydrogens (tertiary/aromatic N) is 1. The minimum Gasteiger partial charge on any atom is -0.397 e. The maximum Gasteiger partial charge on any atom is 0.242 e. The van der Waals surface area contributed by atoms with E-state index < -0.39 is 10.0 Å². The summed E-state index contributed by atoms with van der Waals surface area (Å²) in [6.07, 6.45) is 2.68. The Morgan fingerprint density at radius 2 is 2.13 bits per heavy atom. The van der Waals surface area contributed by atoms with E-state index in [1.165, 1.54) is 18.5 Å². The average molecular weight is 229 g/mol. The first-order chi connectivity index (χ1) is 6.92. The van der Waals surface area contributed by atoms with Crippen LogP contribution in [0.3, 0.4) is 0 Å². The molecule has 0 fully saturated rings. The molecule has 84 valence electrons.